The quantitative estimate of drug-likeness (QED) is 0.152. The largest absolute Gasteiger partial charge is 0.465 e. The highest BCUT2D eigenvalue weighted by atomic mass is 16.5. The van der Waals surface area contributed by atoms with Gasteiger partial charge in [-0.25, -0.2) is 0 Å². The first-order chi connectivity index (χ1) is 13.6. The summed E-state index contributed by atoms with van der Waals surface area (Å²) in [6.45, 7) is 11.8. The molecule has 28 heavy (non-hydrogen) atoms. The Morgan fingerprint density at radius 3 is 1.75 bits per heavy atom. The number of carbonyl (C=O) groups is 1. The number of hydrogen-bond acceptors (Lipinski definition) is 2. The third-order valence-corrected chi connectivity index (χ3v) is 6.46. The first-order valence-electron chi connectivity index (χ1n) is 12.7. The molecule has 0 bridgehead atoms. The summed E-state index contributed by atoms with van der Waals surface area (Å²) in [4.78, 5) is 13.2. The van der Waals surface area contributed by atoms with Crippen LogP contribution >= 0.6 is 0 Å². The molecule has 2 heteroatoms. The van der Waals surface area contributed by atoms with Crippen molar-refractivity contribution in [1.29, 1.82) is 0 Å². The number of esters is 1. The smallest absolute Gasteiger partial charge is 0.312 e. The fourth-order valence-corrected chi connectivity index (χ4v) is 4.29. The molecular weight excluding hydrogens is 344 g/mol. The summed E-state index contributed by atoms with van der Waals surface area (Å²) in [5.74, 6) is 0.569. The minimum absolute atomic E-state index is 0.0875. The van der Waals surface area contributed by atoms with Gasteiger partial charge in [-0.2, -0.15) is 0 Å². The molecule has 2 atom stereocenters. The maximum absolute atomic E-state index is 13.2. The van der Waals surface area contributed by atoms with Gasteiger partial charge in [0.25, 0.3) is 0 Å². The van der Waals surface area contributed by atoms with Crippen LogP contribution in [0.4, 0.5) is 0 Å². The van der Waals surface area contributed by atoms with E-state index in [2.05, 4.69) is 34.6 Å². The van der Waals surface area contributed by atoms with Gasteiger partial charge in [0, 0.05) is 0 Å². The van der Waals surface area contributed by atoms with Gasteiger partial charge in [-0.05, 0) is 38.5 Å². The molecule has 2 nitrogen and oxygen atoms in total. The van der Waals surface area contributed by atoms with Crippen molar-refractivity contribution in [1.82, 2.24) is 0 Å². The van der Waals surface area contributed by atoms with Crippen LogP contribution in [0.2, 0.25) is 0 Å². The van der Waals surface area contributed by atoms with E-state index in [0.717, 1.165) is 32.1 Å². The second-order valence-electron chi connectivity index (χ2n) is 9.11. The molecule has 0 aromatic rings. The third-order valence-electron chi connectivity index (χ3n) is 6.46. The van der Waals surface area contributed by atoms with Crippen LogP contribution < -0.4 is 0 Å². The number of unbranched alkanes of at least 4 members (excludes halogenated alkanes) is 10. The van der Waals surface area contributed by atoms with Crippen molar-refractivity contribution in [2.24, 2.45) is 11.3 Å². The number of ether oxygens (including phenoxy) is 1. The summed E-state index contributed by atoms with van der Waals surface area (Å²) in [5.41, 5.74) is -0.292. The second kappa shape index (κ2) is 18.5. The number of carbonyl (C=O) groups excluding carboxylic acids is 1. The van der Waals surface area contributed by atoms with Gasteiger partial charge in [0.2, 0.25) is 0 Å². The molecule has 0 aromatic carbocycles. The first kappa shape index (κ1) is 27.5. The van der Waals surface area contributed by atoms with Crippen LogP contribution in [0.15, 0.2) is 0 Å². The van der Waals surface area contributed by atoms with Crippen LogP contribution in [0.3, 0.4) is 0 Å². The lowest BCUT2D eigenvalue weighted by atomic mass is 9.69. The Hall–Kier alpha value is -0.530. The van der Waals surface area contributed by atoms with Gasteiger partial charge in [-0.3, -0.25) is 4.79 Å². The van der Waals surface area contributed by atoms with Gasteiger partial charge in [-0.1, -0.05) is 111 Å². The third kappa shape index (κ3) is 12.1. The van der Waals surface area contributed by atoms with Crippen molar-refractivity contribution in [3.63, 3.8) is 0 Å². The molecule has 2 unspecified atom stereocenters. The standard InChI is InChI=1S/C26H52O2/c1-6-10-14-15-16-18-21-24(20-17-11-7-2)26(5,22-13-9-4)25(27)28-23-19-12-8-3/h24H,6-23H2,1-5H3. The molecule has 0 spiro atoms. The molecule has 0 aromatic heterocycles. The van der Waals surface area contributed by atoms with Gasteiger partial charge in [0.05, 0.1) is 12.0 Å². The average Bonchev–Trinajstić information content (AvgIpc) is 2.70. The van der Waals surface area contributed by atoms with Crippen LogP contribution in [-0.4, -0.2) is 12.6 Å². The Bertz CT molecular complexity index is 352. The fourth-order valence-electron chi connectivity index (χ4n) is 4.29. The van der Waals surface area contributed by atoms with Crippen LogP contribution in [0.25, 0.3) is 0 Å². The summed E-state index contributed by atoms with van der Waals surface area (Å²) in [5, 5.41) is 0. The lowest BCUT2D eigenvalue weighted by Gasteiger charge is -2.36. The first-order valence-corrected chi connectivity index (χ1v) is 12.7. The van der Waals surface area contributed by atoms with Crippen LogP contribution in [0.5, 0.6) is 0 Å². The zero-order chi connectivity index (χ0) is 21.1. The summed E-state index contributed by atoms with van der Waals surface area (Å²) < 4.78 is 5.81. The van der Waals surface area contributed by atoms with E-state index in [1.165, 1.54) is 77.0 Å². The van der Waals surface area contributed by atoms with E-state index in [1.54, 1.807) is 0 Å². The monoisotopic (exact) mass is 396 g/mol. The molecule has 0 aliphatic carbocycles. The van der Waals surface area contributed by atoms with Crippen molar-refractivity contribution in [3.8, 4) is 0 Å². The summed E-state index contributed by atoms with van der Waals surface area (Å²) in [6.07, 6.45) is 20.7. The van der Waals surface area contributed by atoms with Gasteiger partial charge >= 0.3 is 5.97 Å². The van der Waals surface area contributed by atoms with Gasteiger partial charge in [-0.15, -0.1) is 0 Å². The van der Waals surface area contributed by atoms with Crippen molar-refractivity contribution in [2.75, 3.05) is 6.61 Å². The highest BCUT2D eigenvalue weighted by Crippen LogP contribution is 2.41. The normalized spacial score (nSPS) is 14.6. The second-order valence-corrected chi connectivity index (χ2v) is 9.11. The molecule has 0 rings (SSSR count). The van der Waals surface area contributed by atoms with Gasteiger partial charge < -0.3 is 4.74 Å². The maximum atomic E-state index is 13.2. The lowest BCUT2D eigenvalue weighted by Crippen LogP contribution is -2.38. The van der Waals surface area contributed by atoms with Crippen molar-refractivity contribution in [3.05, 3.63) is 0 Å². The Labute approximate surface area is 177 Å². The zero-order valence-corrected chi connectivity index (χ0v) is 20.1. The SMILES string of the molecule is CCCCCCCCC(CCCCC)C(C)(CCCC)C(=O)OCCCCC. The number of hydrogen-bond donors (Lipinski definition) is 0. The van der Waals surface area contributed by atoms with E-state index in [-0.39, 0.29) is 11.4 Å². The Morgan fingerprint density at radius 1 is 0.679 bits per heavy atom. The average molecular weight is 397 g/mol. The summed E-state index contributed by atoms with van der Waals surface area (Å²) in [6, 6.07) is 0. The lowest BCUT2D eigenvalue weighted by molar-refractivity contribution is -0.160. The Morgan fingerprint density at radius 2 is 1.14 bits per heavy atom. The molecule has 0 fully saturated rings. The molecule has 0 saturated heterocycles. The van der Waals surface area contributed by atoms with Crippen molar-refractivity contribution >= 4 is 5.97 Å². The Balaban J connectivity index is 4.92. The Kier molecular flexibility index (Phi) is 18.1. The molecule has 0 aliphatic rings. The summed E-state index contributed by atoms with van der Waals surface area (Å²) in [7, 11) is 0. The zero-order valence-electron chi connectivity index (χ0n) is 20.1. The predicted molar refractivity (Wildman–Crippen MR) is 124 cm³/mol. The molecule has 0 heterocycles. The molecule has 0 amide bonds. The topological polar surface area (TPSA) is 26.3 Å². The fraction of sp³-hybridized carbons (Fsp3) is 0.962. The van der Waals surface area contributed by atoms with Crippen molar-refractivity contribution in [2.45, 2.75) is 144 Å². The minimum atomic E-state index is -0.292. The maximum Gasteiger partial charge on any atom is 0.312 e. The molecule has 0 N–H and O–H groups in total. The minimum Gasteiger partial charge on any atom is -0.465 e. The molecule has 0 aliphatic heterocycles. The van der Waals surface area contributed by atoms with Crippen LogP contribution in [0, 0.1) is 11.3 Å². The highest BCUT2D eigenvalue weighted by Gasteiger charge is 2.41. The molecule has 0 radical (unpaired) electrons. The van der Waals surface area contributed by atoms with Crippen LogP contribution in [0.1, 0.15) is 144 Å². The molecular formula is C26H52O2. The molecule has 0 saturated carbocycles. The van der Waals surface area contributed by atoms with E-state index in [9.17, 15) is 4.79 Å². The molecule has 168 valence electrons. The van der Waals surface area contributed by atoms with Crippen LogP contribution in [-0.2, 0) is 9.53 Å². The van der Waals surface area contributed by atoms with E-state index in [0.29, 0.717) is 12.5 Å². The van der Waals surface area contributed by atoms with E-state index in [4.69, 9.17) is 4.74 Å². The predicted octanol–water partition coefficient (Wildman–Crippen LogP) is 8.86. The van der Waals surface area contributed by atoms with E-state index >= 15 is 0 Å². The summed E-state index contributed by atoms with van der Waals surface area (Å²) >= 11 is 0. The number of rotatable bonds is 20. The van der Waals surface area contributed by atoms with Gasteiger partial charge in [0.15, 0.2) is 0 Å². The van der Waals surface area contributed by atoms with E-state index in [1.807, 2.05) is 0 Å². The van der Waals surface area contributed by atoms with Gasteiger partial charge in [0.1, 0.15) is 0 Å². The van der Waals surface area contributed by atoms with E-state index < -0.39 is 0 Å². The highest BCUT2D eigenvalue weighted by molar-refractivity contribution is 5.76. The van der Waals surface area contributed by atoms with Crippen molar-refractivity contribution < 1.29 is 9.53 Å².